The fourth-order valence-electron chi connectivity index (χ4n) is 2.57. The summed E-state index contributed by atoms with van der Waals surface area (Å²) in [5.41, 5.74) is 2.49. The number of amides is 1. The van der Waals surface area contributed by atoms with Gasteiger partial charge in [-0.15, -0.1) is 0 Å². The summed E-state index contributed by atoms with van der Waals surface area (Å²) in [6.45, 7) is 0. The molecule has 1 heterocycles. The predicted molar refractivity (Wildman–Crippen MR) is 105 cm³/mol. The van der Waals surface area contributed by atoms with Crippen molar-refractivity contribution in [3.8, 4) is 5.75 Å². The molecule has 1 N–H and O–H groups in total. The number of carbonyl (C=O) groups excluding carboxylic acids is 2. The van der Waals surface area contributed by atoms with Crippen LogP contribution in [0.5, 0.6) is 5.75 Å². The fourth-order valence-corrected chi connectivity index (χ4v) is 3.37. The zero-order valence-corrected chi connectivity index (χ0v) is 16.0. The molecule has 0 aliphatic heterocycles. The molecule has 0 atom stereocenters. The maximum Gasteiger partial charge on any atom is 0.339 e. The van der Waals surface area contributed by atoms with Crippen molar-refractivity contribution in [1.82, 2.24) is 9.97 Å². The predicted octanol–water partition coefficient (Wildman–Crippen LogP) is 3.11. The van der Waals surface area contributed by atoms with Crippen LogP contribution in [0.4, 0.5) is 5.69 Å². The number of ether oxygens (including phenoxy) is 2. The highest BCUT2D eigenvalue weighted by atomic mass is 32.2. The Kier molecular flexibility index (Phi) is 5.66. The van der Waals surface area contributed by atoms with E-state index < -0.39 is 5.97 Å². The van der Waals surface area contributed by atoms with E-state index >= 15 is 0 Å². The molecule has 7 nitrogen and oxygen atoms in total. The molecule has 1 aromatic heterocycles. The van der Waals surface area contributed by atoms with Crippen LogP contribution in [-0.2, 0) is 9.53 Å². The van der Waals surface area contributed by atoms with Gasteiger partial charge in [-0.2, -0.15) is 0 Å². The molecule has 3 aromatic rings. The van der Waals surface area contributed by atoms with Crippen LogP contribution in [0.3, 0.4) is 0 Å². The lowest BCUT2D eigenvalue weighted by Crippen LogP contribution is -2.29. The number of fused-ring (bicyclic) bond motifs is 1. The van der Waals surface area contributed by atoms with Crippen LogP contribution < -0.4 is 9.64 Å². The fraction of sp³-hybridized carbons (Fsp3) is 0.211. The highest BCUT2D eigenvalue weighted by Gasteiger charge is 2.19. The molecular formula is C19H19N3O4S. The number of thioether (sulfide) groups is 1. The minimum Gasteiger partial charge on any atom is -0.497 e. The van der Waals surface area contributed by atoms with Gasteiger partial charge < -0.3 is 19.4 Å². The van der Waals surface area contributed by atoms with Gasteiger partial charge in [0.15, 0.2) is 5.16 Å². The Hall–Kier alpha value is -3.00. The first kappa shape index (κ1) is 18.8. The molecule has 0 unspecified atom stereocenters. The smallest absolute Gasteiger partial charge is 0.339 e. The summed E-state index contributed by atoms with van der Waals surface area (Å²) in [7, 11) is 4.55. The Bertz CT molecular complexity index is 986. The molecule has 2 aromatic carbocycles. The van der Waals surface area contributed by atoms with E-state index in [1.54, 1.807) is 38.4 Å². The number of nitrogens with zero attached hydrogens (tertiary/aromatic N) is 2. The average Bonchev–Trinajstić information content (AvgIpc) is 3.12. The third kappa shape index (κ3) is 4.06. The summed E-state index contributed by atoms with van der Waals surface area (Å²) in [5.74, 6) is 0.264. The monoisotopic (exact) mass is 385 g/mol. The molecule has 0 radical (unpaired) electrons. The molecule has 8 heteroatoms. The molecule has 0 fully saturated rings. The maximum absolute atomic E-state index is 12.6. The van der Waals surface area contributed by atoms with Gasteiger partial charge in [-0.3, -0.25) is 4.79 Å². The summed E-state index contributed by atoms with van der Waals surface area (Å²) in [6, 6.07) is 12.4. The van der Waals surface area contributed by atoms with Crippen LogP contribution in [0, 0.1) is 0 Å². The lowest BCUT2D eigenvalue weighted by molar-refractivity contribution is -0.115. The van der Waals surface area contributed by atoms with Gasteiger partial charge in [-0.05, 0) is 24.3 Å². The van der Waals surface area contributed by atoms with Gasteiger partial charge in [-0.25, -0.2) is 9.78 Å². The van der Waals surface area contributed by atoms with Crippen molar-refractivity contribution >= 4 is 40.4 Å². The molecule has 0 aliphatic rings. The highest BCUT2D eigenvalue weighted by molar-refractivity contribution is 7.99. The topological polar surface area (TPSA) is 84.5 Å². The Morgan fingerprint density at radius 3 is 2.70 bits per heavy atom. The average molecular weight is 385 g/mol. The molecule has 27 heavy (non-hydrogen) atoms. The summed E-state index contributed by atoms with van der Waals surface area (Å²) < 4.78 is 9.98. The number of aromatic amines is 1. The normalized spacial score (nSPS) is 10.6. The molecule has 1 amide bonds. The van der Waals surface area contributed by atoms with E-state index in [1.165, 1.54) is 23.8 Å². The lowest BCUT2D eigenvalue weighted by atomic mass is 10.1. The molecular weight excluding hydrogens is 366 g/mol. The van der Waals surface area contributed by atoms with Gasteiger partial charge in [0.1, 0.15) is 5.75 Å². The number of methoxy groups -OCH3 is 2. The number of carbonyl (C=O) groups is 2. The van der Waals surface area contributed by atoms with Gasteiger partial charge in [0.05, 0.1) is 42.3 Å². The zero-order valence-electron chi connectivity index (χ0n) is 15.2. The van der Waals surface area contributed by atoms with Crippen LogP contribution in [0.1, 0.15) is 10.4 Å². The second kappa shape index (κ2) is 8.13. The van der Waals surface area contributed by atoms with E-state index in [9.17, 15) is 9.59 Å². The Morgan fingerprint density at radius 2 is 1.96 bits per heavy atom. The standard InChI is InChI=1S/C19H19N3O4S/c1-22(16-7-5-4-6-13(16)18(24)26-3)17(23)11-27-19-20-14-9-8-12(25-2)10-15(14)21-19/h4-10H,11H2,1-3H3,(H,20,21). The van der Waals surface area contributed by atoms with Gasteiger partial charge in [-0.1, -0.05) is 23.9 Å². The van der Waals surface area contributed by atoms with E-state index in [0.717, 1.165) is 16.8 Å². The second-order valence-corrected chi connectivity index (χ2v) is 6.64. The molecule has 0 bridgehead atoms. The van der Waals surface area contributed by atoms with Gasteiger partial charge >= 0.3 is 5.97 Å². The van der Waals surface area contributed by atoms with Crippen LogP contribution in [0.25, 0.3) is 11.0 Å². The van der Waals surface area contributed by atoms with E-state index in [2.05, 4.69) is 9.97 Å². The number of benzene rings is 2. The van der Waals surface area contributed by atoms with Crippen molar-refractivity contribution in [2.24, 2.45) is 0 Å². The third-order valence-electron chi connectivity index (χ3n) is 4.04. The van der Waals surface area contributed by atoms with E-state index in [0.29, 0.717) is 16.4 Å². The number of para-hydroxylation sites is 1. The molecule has 0 spiro atoms. The first-order valence-corrected chi connectivity index (χ1v) is 9.12. The number of nitrogens with one attached hydrogen (secondary N) is 1. The summed E-state index contributed by atoms with van der Waals surface area (Å²) in [6.07, 6.45) is 0. The number of hydrogen-bond donors (Lipinski definition) is 1. The Labute approximate surface area is 160 Å². The number of rotatable bonds is 6. The number of esters is 1. The minimum absolute atomic E-state index is 0.158. The van der Waals surface area contributed by atoms with Crippen molar-refractivity contribution in [2.75, 3.05) is 31.9 Å². The van der Waals surface area contributed by atoms with Crippen molar-refractivity contribution in [1.29, 1.82) is 0 Å². The van der Waals surface area contributed by atoms with E-state index in [4.69, 9.17) is 9.47 Å². The third-order valence-corrected chi connectivity index (χ3v) is 4.90. The van der Waals surface area contributed by atoms with Crippen molar-refractivity contribution in [3.63, 3.8) is 0 Å². The summed E-state index contributed by atoms with van der Waals surface area (Å²) in [4.78, 5) is 33.6. The number of imidazole rings is 1. The van der Waals surface area contributed by atoms with Crippen LogP contribution >= 0.6 is 11.8 Å². The number of hydrogen-bond acceptors (Lipinski definition) is 6. The molecule has 140 valence electrons. The van der Waals surface area contributed by atoms with E-state index in [-0.39, 0.29) is 11.7 Å². The SMILES string of the molecule is COC(=O)c1ccccc1N(C)C(=O)CSc1nc2ccc(OC)cc2[nH]1. The van der Waals surface area contributed by atoms with E-state index in [1.807, 2.05) is 18.2 Å². The first-order chi connectivity index (χ1) is 13.0. The zero-order chi connectivity index (χ0) is 19.4. The van der Waals surface area contributed by atoms with Gasteiger partial charge in [0, 0.05) is 13.1 Å². The van der Waals surface area contributed by atoms with Crippen LogP contribution in [-0.4, -0.2) is 48.9 Å². The number of aromatic nitrogens is 2. The number of H-pyrrole nitrogens is 1. The van der Waals surface area contributed by atoms with Gasteiger partial charge in [0.2, 0.25) is 5.91 Å². The molecule has 0 saturated heterocycles. The molecule has 0 aliphatic carbocycles. The Balaban J connectivity index is 1.71. The maximum atomic E-state index is 12.6. The minimum atomic E-state index is -0.482. The number of anilines is 1. The quantitative estimate of drug-likeness (QED) is 0.518. The lowest BCUT2D eigenvalue weighted by Gasteiger charge is -2.19. The van der Waals surface area contributed by atoms with Crippen LogP contribution in [0.15, 0.2) is 47.6 Å². The van der Waals surface area contributed by atoms with Crippen molar-refractivity contribution in [3.05, 3.63) is 48.0 Å². The molecule has 0 saturated carbocycles. The van der Waals surface area contributed by atoms with Crippen molar-refractivity contribution < 1.29 is 19.1 Å². The van der Waals surface area contributed by atoms with Gasteiger partial charge in [0.25, 0.3) is 0 Å². The van der Waals surface area contributed by atoms with Crippen molar-refractivity contribution in [2.45, 2.75) is 5.16 Å². The highest BCUT2D eigenvalue weighted by Crippen LogP contribution is 2.25. The van der Waals surface area contributed by atoms with Crippen LogP contribution in [0.2, 0.25) is 0 Å². The molecule has 3 rings (SSSR count). The Morgan fingerprint density at radius 1 is 1.19 bits per heavy atom. The second-order valence-electron chi connectivity index (χ2n) is 5.68. The first-order valence-electron chi connectivity index (χ1n) is 8.14. The summed E-state index contributed by atoms with van der Waals surface area (Å²) in [5, 5.41) is 0.640. The largest absolute Gasteiger partial charge is 0.497 e. The summed E-state index contributed by atoms with van der Waals surface area (Å²) >= 11 is 1.30.